The molecule has 1 aromatic carbocycles. The van der Waals surface area contributed by atoms with E-state index in [9.17, 15) is 0 Å². The van der Waals surface area contributed by atoms with E-state index in [4.69, 9.17) is 9.26 Å². The van der Waals surface area contributed by atoms with E-state index in [1.165, 1.54) is 0 Å². The molecule has 0 atom stereocenters. The second-order valence-electron chi connectivity index (χ2n) is 4.65. The predicted octanol–water partition coefficient (Wildman–Crippen LogP) is 2.59. The summed E-state index contributed by atoms with van der Waals surface area (Å²) in [6.07, 6.45) is 2.47. The molecule has 0 bridgehead atoms. The van der Waals surface area contributed by atoms with Crippen LogP contribution < -0.4 is 10.1 Å². The Hall–Kier alpha value is -2.63. The number of aromatic nitrogens is 3. The van der Waals surface area contributed by atoms with Crippen molar-refractivity contribution in [3.05, 3.63) is 42.2 Å². The molecule has 6 heteroatoms. The Bertz CT molecular complexity index is 754. The first-order valence-electron chi connectivity index (χ1n) is 6.72. The zero-order chi connectivity index (χ0) is 14.7. The summed E-state index contributed by atoms with van der Waals surface area (Å²) in [6.45, 7) is 2.46. The van der Waals surface area contributed by atoms with Crippen molar-refractivity contribution in [2.75, 3.05) is 19.0 Å². The second kappa shape index (κ2) is 5.78. The normalized spacial score (nSPS) is 10.8. The summed E-state index contributed by atoms with van der Waals surface area (Å²) < 4.78 is 10.2. The molecule has 0 aliphatic carbocycles. The van der Waals surface area contributed by atoms with Gasteiger partial charge in [-0.15, -0.1) is 0 Å². The maximum atomic E-state index is 5.27. The number of aryl methyl sites for hydroxylation is 1. The zero-order valence-electron chi connectivity index (χ0n) is 12.0. The first-order chi connectivity index (χ1) is 10.3. The fourth-order valence-corrected chi connectivity index (χ4v) is 2.15. The smallest absolute Gasteiger partial charge is 0.223 e. The number of nitrogens with zero attached hydrogens (tertiary/aromatic N) is 3. The van der Waals surface area contributed by atoms with Crippen molar-refractivity contribution in [2.24, 2.45) is 0 Å². The average Bonchev–Trinajstić information content (AvgIpc) is 2.92. The van der Waals surface area contributed by atoms with Crippen LogP contribution in [-0.4, -0.2) is 28.8 Å². The molecule has 108 valence electrons. The van der Waals surface area contributed by atoms with E-state index < -0.39 is 0 Å². The van der Waals surface area contributed by atoms with Crippen LogP contribution in [-0.2, 0) is 6.42 Å². The predicted molar refractivity (Wildman–Crippen MR) is 79.5 cm³/mol. The van der Waals surface area contributed by atoms with E-state index in [2.05, 4.69) is 20.4 Å². The van der Waals surface area contributed by atoms with Gasteiger partial charge in [-0.05, 0) is 23.6 Å². The van der Waals surface area contributed by atoms with E-state index in [-0.39, 0.29) is 0 Å². The molecule has 6 nitrogen and oxygen atoms in total. The number of rotatable bonds is 5. The van der Waals surface area contributed by atoms with Crippen molar-refractivity contribution in [2.45, 2.75) is 13.3 Å². The fraction of sp³-hybridized carbons (Fsp3) is 0.267. The minimum Gasteiger partial charge on any atom is -0.497 e. The highest BCUT2D eigenvalue weighted by Gasteiger charge is 2.05. The lowest BCUT2D eigenvalue weighted by atomic mass is 10.1. The van der Waals surface area contributed by atoms with Crippen LogP contribution in [0.15, 0.2) is 35.0 Å². The van der Waals surface area contributed by atoms with Gasteiger partial charge in [-0.2, -0.15) is 4.98 Å². The summed E-state index contributed by atoms with van der Waals surface area (Å²) in [5, 5.41) is 9.32. The minimum absolute atomic E-state index is 0.582. The molecule has 0 aliphatic heterocycles. The number of ether oxygens (including phenoxy) is 1. The van der Waals surface area contributed by atoms with Crippen LogP contribution in [0.2, 0.25) is 0 Å². The van der Waals surface area contributed by atoms with Crippen LogP contribution in [0, 0.1) is 6.92 Å². The first-order valence-corrected chi connectivity index (χ1v) is 6.72. The molecule has 0 saturated heterocycles. The molecule has 0 fully saturated rings. The lowest BCUT2D eigenvalue weighted by Crippen LogP contribution is -2.07. The number of fused-ring (bicyclic) bond motifs is 1. The molecule has 2 aromatic heterocycles. The van der Waals surface area contributed by atoms with E-state index in [0.29, 0.717) is 24.7 Å². The number of methoxy groups -OCH3 is 1. The summed E-state index contributed by atoms with van der Waals surface area (Å²) in [5.41, 5.74) is 0. The van der Waals surface area contributed by atoms with E-state index in [1.54, 1.807) is 20.2 Å². The van der Waals surface area contributed by atoms with Gasteiger partial charge in [0.15, 0.2) is 5.82 Å². The third kappa shape index (κ3) is 2.94. The number of hydrogen-bond donors (Lipinski definition) is 1. The molecule has 2 heterocycles. The van der Waals surface area contributed by atoms with E-state index in [0.717, 1.165) is 22.3 Å². The molecule has 0 radical (unpaired) electrons. The Morgan fingerprint density at radius 2 is 2.19 bits per heavy atom. The van der Waals surface area contributed by atoms with Gasteiger partial charge in [-0.3, -0.25) is 0 Å². The molecule has 1 N–H and O–H groups in total. The maximum Gasteiger partial charge on any atom is 0.223 e. The summed E-state index contributed by atoms with van der Waals surface area (Å²) >= 11 is 0. The highest BCUT2D eigenvalue weighted by atomic mass is 16.5. The Morgan fingerprint density at radius 1 is 1.29 bits per heavy atom. The Labute approximate surface area is 122 Å². The molecule has 0 unspecified atom stereocenters. The van der Waals surface area contributed by atoms with Crippen LogP contribution in [0.3, 0.4) is 0 Å². The Balaban J connectivity index is 1.76. The average molecular weight is 284 g/mol. The molecule has 21 heavy (non-hydrogen) atoms. The van der Waals surface area contributed by atoms with Gasteiger partial charge in [0, 0.05) is 31.5 Å². The lowest BCUT2D eigenvalue weighted by Gasteiger charge is -2.09. The monoisotopic (exact) mass is 284 g/mol. The van der Waals surface area contributed by atoms with Crippen LogP contribution in [0.25, 0.3) is 10.8 Å². The van der Waals surface area contributed by atoms with Crippen molar-refractivity contribution < 1.29 is 9.26 Å². The topological polar surface area (TPSA) is 73.1 Å². The van der Waals surface area contributed by atoms with Crippen molar-refractivity contribution in [3.8, 4) is 5.75 Å². The summed E-state index contributed by atoms with van der Waals surface area (Å²) in [5.74, 6) is 2.91. The summed E-state index contributed by atoms with van der Waals surface area (Å²) in [4.78, 5) is 8.56. The summed E-state index contributed by atoms with van der Waals surface area (Å²) in [6, 6.07) is 7.91. The molecule has 0 amide bonds. The zero-order valence-corrected chi connectivity index (χ0v) is 12.0. The lowest BCUT2D eigenvalue weighted by molar-refractivity contribution is 0.387. The third-order valence-corrected chi connectivity index (χ3v) is 3.18. The largest absolute Gasteiger partial charge is 0.497 e. The second-order valence-corrected chi connectivity index (χ2v) is 4.65. The van der Waals surface area contributed by atoms with Gasteiger partial charge in [0.2, 0.25) is 5.89 Å². The molecular formula is C15H16N4O2. The highest BCUT2D eigenvalue weighted by molar-refractivity contribution is 5.92. The number of nitrogens with one attached hydrogen (secondary N) is 1. The standard InChI is InChI=1S/C15H16N4O2/c1-10-18-14(19-21-10)6-8-17-15-13-9-12(20-2)4-3-11(13)5-7-16-15/h3-5,7,9H,6,8H2,1-2H3,(H,16,17). The van der Waals surface area contributed by atoms with E-state index in [1.807, 2.05) is 24.3 Å². The van der Waals surface area contributed by atoms with Gasteiger partial charge in [0.05, 0.1) is 7.11 Å². The third-order valence-electron chi connectivity index (χ3n) is 3.18. The molecule has 0 spiro atoms. The number of anilines is 1. The molecule has 0 saturated carbocycles. The molecule has 3 rings (SSSR count). The quantitative estimate of drug-likeness (QED) is 0.776. The highest BCUT2D eigenvalue weighted by Crippen LogP contribution is 2.25. The Kier molecular flexibility index (Phi) is 3.68. The minimum atomic E-state index is 0.582. The summed E-state index contributed by atoms with van der Waals surface area (Å²) in [7, 11) is 1.66. The van der Waals surface area contributed by atoms with Crippen LogP contribution >= 0.6 is 0 Å². The Morgan fingerprint density at radius 3 is 2.95 bits per heavy atom. The van der Waals surface area contributed by atoms with Gasteiger partial charge < -0.3 is 14.6 Å². The van der Waals surface area contributed by atoms with Crippen LogP contribution in [0.5, 0.6) is 5.75 Å². The van der Waals surface area contributed by atoms with Gasteiger partial charge in [0.1, 0.15) is 11.6 Å². The van der Waals surface area contributed by atoms with Crippen molar-refractivity contribution in [1.29, 1.82) is 0 Å². The molecular weight excluding hydrogens is 268 g/mol. The van der Waals surface area contributed by atoms with Crippen molar-refractivity contribution >= 4 is 16.6 Å². The first kappa shape index (κ1) is 13.4. The number of hydrogen-bond acceptors (Lipinski definition) is 6. The van der Waals surface area contributed by atoms with Crippen molar-refractivity contribution in [3.63, 3.8) is 0 Å². The van der Waals surface area contributed by atoms with Gasteiger partial charge in [-0.25, -0.2) is 4.98 Å². The number of benzene rings is 1. The molecule has 0 aliphatic rings. The van der Waals surface area contributed by atoms with Crippen LogP contribution in [0.4, 0.5) is 5.82 Å². The SMILES string of the molecule is COc1ccc2ccnc(NCCc3noc(C)n3)c2c1. The van der Waals surface area contributed by atoms with Gasteiger partial charge in [-0.1, -0.05) is 11.2 Å². The van der Waals surface area contributed by atoms with Gasteiger partial charge in [0.25, 0.3) is 0 Å². The number of pyridine rings is 1. The van der Waals surface area contributed by atoms with Crippen LogP contribution in [0.1, 0.15) is 11.7 Å². The van der Waals surface area contributed by atoms with E-state index >= 15 is 0 Å². The molecule has 3 aromatic rings. The maximum absolute atomic E-state index is 5.27. The van der Waals surface area contributed by atoms with Crippen molar-refractivity contribution in [1.82, 2.24) is 15.1 Å². The fourth-order valence-electron chi connectivity index (χ4n) is 2.15. The van der Waals surface area contributed by atoms with Gasteiger partial charge >= 0.3 is 0 Å².